The highest BCUT2D eigenvalue weighted by atomic mass is 16.5. The van der Waals surface area contributed by atoms with Gasteiger partial charge in [0.1, 0.15) is 12.4 Å². The molecule has 6 heteroatoms. The number of piperazine rings is 1. The molecule has 0 aliphatic carbocycles. The highest BCUT2D eigenvalue weighted by molar-refractivity contribution is 5.33. The largest absolute Gasteiger partial charge is 0.497 e. The molecule has 0 N–H and O–H groups in total. The van der Waals surface area contributed by atoms with Crippen molar-refractivity contribution in [2.24, 2.45) is 0 Å². The smallest absolute Gasteiger partial charge is 0.228 e. The van der Waals surface area contributed by atoms with Crippen LogP contribution in [0.2, 0.25) is 0 Å². The molecule has 1 aromatic heterocycles. The van der Waals surface area contributed by atoms with Crippen molar-refractivity contribution in [2.45, 2.75) is 19.4 Å². The first-order chi connectivity index (χ1) is 13.3. The molecule has 1 aromatic carbocycles. The Morgan fingerprint density at radius 1 is 1.19 bits per heavy atom. The van der Waals surface area contributed by atoms with Gasteiger partial charge in [-0.3, -0.25) is 4.90 Å². The van der Waals surface area contributed by atoms with E-state index in [-0.39, 0.29) is 0 Å². The Kier molecular flexibility index (Phi) is 6.89. The fourth-order valence-corrected chi connectivity index (χ4v) is 3.06. The van der Waals surface area contributed by atoms with Crippen LogP contribution in [0.25, 0.3) is 0 Å². The second-order valence-corrected chi connectivity index (χ2v) is 6.47. The number of methoxy groups -OCH3 is 1. The van der Waals surface area contributed by atoms with Crippen LogP contribution in [0.15, 0.2) is 36.5 Å². The van der Waals surface area contributed by atoms with Crippen molar-refractivity contribution in [3.8, 4) is 24.0 Å². The Balaban J connectivity index is 1.52. The van der Waals surface area contributed by atoms with Gasteiger partial charge >= 0.3 is 0 Å². The van der Waals surface area contributed by atoms with Crippen molar-refractivity contribution in [1.29, 1.82) is 0 Å². The van der Waals surface area contributed by atoms with Crippen molar-refractivity contribution in [2.75, 3.05) is 44.7 Å². The topological polar surface area (TPSA) is 50.7 Å². The van der Waals surface area contributed by atoms with Gasteiger partial charge < -0.3 is 14.4 Å². The lowest BCUT2D eigenvalue weighted by Crippen LogP contribution is -2.47. The Labute approximate surface area is 161 Å². The maximum absolute atomic E-state index is 5.85. The molecule has 0 saturated carbocycles. The Bertz CT molecular complexity index is 767. The molecule has 1 aliphatic heterocycles. The predicted molar refractivity (Wildman–Crippen MR) is 106 cm³/mol. The lowest BCUT2D eigenvalue weighted by atomic mass is 10.2. The lowest BCUT2D eigenvalue weighted by molar-refractivity contribution is 0.254. The van der Waals surface area contributed by atoms with Crippen LogP contribution in [0.4, 0.5) is 5.95 Å². The minimum atomic E-state index is 0.441. The number of benzene rings is 1. The van der Waals surface area contributed by atoms with E-state index in [0.29, 0.717) is 12.5 Å². The third kappa shape index (κ3) is 5.60. The predicted octanol–water partition coefficient (Wildman–Crippen LogP) is 2.60. The molecular weight excluding hydrogens is 340 g/mol. The maximum Gasteiger partial charge on any atom is 0.228 e. The zero-order valence-electron chi connectivity index (χ0n) is 15.8. The first-order valence-electron chi connectivity index (χ1n) is 9.28. The van der Waals surface area contributed by atoms with E-state index in [9.17, 15) is 0 Å². The average molecular weight is 366 g/mol. The minimum Gasteiger partial charge on any atom is -0.497 e. The number of ether oxygens (including phenoxy) is 2. The lowest BCUT2D eigenvalue weighted by Gasteiger charge is -2.34. The van der Waals surface area contributed by atoms with Gasteiger partial charge in [-0.25, -0.2) is 4.98 Å². The highest BCUT2D eigenvalue weighted by Crippen LogP contribution is 2.18. The van der Waals surface area contributed by atoms with E-state index in [1.165, 1.54) is 0 Å². The van der Waals surface area contributed by atoms with Gasteiger partial charge in [-0.05, 0) is 30.7 Å². The summed E-state index contributed by atoms with van der Waals surface area (Å²) in [5.41, 5.74) is 1.04. The van der Waals surface area contributed by atoms with Crippen LogP contribution in [0.3, 0.4) is 0 Å². The molecular formula is C21H26N4O2. The van der Waals surface area contributed by atoms with Gasteiger partial charge in [0.15, 0.2) is 0 Å². The van der Waals surface area contributed by atoms with Crippen LogP contribution < -0.4 is 14.4 Å². The minimum absolute atomic E-state index is 0.441. The number of hydrogen-bond donors (Lipinski definition) is 0. The van der Waals surface area contributed by atoms with Crippen molar-refractivity contribution >= 4 is 5.95 Å². The summed E-state index contributed by atoms with van der Waals surface area (Å²) in [5, 5.41) is 0. The zero-order valence-corrected chi connectivity index (χ0v) is 15.8. The van der Waals surface area contributed by atoms with Gasteiger partial charge in [-0.15, -0.1) is 12.3 Å². The highest BCUT2D eigenvalue weighted by Gasteiger charge is 2.18. The Morgan fingerprint density at radius 3 is 2.81 bits per heavy atom. The van der Waals surface area contributed by atoms with E-state index in [2.05, 4.69) is 25.7 Å². The fourth-order valence-electron chi connectivity index (χ4n) is 3.06. The van der Waals surface area contributed by atoms with E-state index in [1.807, 2.05) is 24.3 Å². The van der Waals surface area contributed by atoms with Crippen molar-refractivity contribution < 1.29 is 9.47 Å². The van der Waals surface area contributed by atoms with E-state index >= 15 is 0 Å². The first kappa shape index (κ1) is 19.0. The molecule has 3 rings (SSSR count). The van der Waals surface area contributed by atoms with Gasteiger partial charge in [0.05, 0.1) is 7.11 Å². The van der Waals surface area contributed by atoms with Crippen LogP contribution in [0, 0.1) is 12.3 Å². The maximum atomic E-state index is 5.85. The summed E-state index contributed by atoms with van der Waals surface area (Å²) in [6.45, 7) is 5.33. The summed E-state index contributed by atoms with van der Waals surface area (Å²) in [6, 6.07) is 9.62. The van der Waals surface area contributed by atoms with Gasteiger partial charge in [0.2, 0.25) is 11.8 Å². The van der Waals surface area contributed by atoms with Gasteiger partial charge in [-0.1, -0.05) is 12.1 Å². The summed E-state index contributed by atoms with van der Waals surface area (Å²) < 4.78 is 11.1. The third-order valence-corrected chi connectivity index (χ3v) is 4.59. The monoisotopic (exact) mass is 366 g/mol. The average Bonchev–Trinajstić information content (AvgIpc) is 2.73. The number of hydrogen-bond acceptors (Lipinski definition) is 6. The van der Waals surface area contributed by atoms with E-state index in [4.69, 9.17) is 15.9 Å². The molecule has 142 valence electrons. The van der Waals surface area contributed by atoms with Crippen LogP contribution in [-0.2, 0) is 6.61 Å². The van der Waals surface area contributed by atoms with Gasteiger partial charge in [0, 0.05) is 44.9 Å². The number of unbranched alkanes of at least 4 members (excludes halogenated alkanes) is 1. The Morgan fingerprint density at radius 2 is 2.04 bits per heavy atom. The number of rotatable bonds is 8. The van der Waals surface area contributed by atoms with Crippen LogP contribution in [0.1, 0.15) is 18.4 Å². The third-order valence-electron chi connectivity index (χ3n) is 4.59. The quantitative estimate of drug-likeness (QED) is 0.529. The number of terminal acetylenes is 1. The van der Waals surface area contributed by atoms with Crippen molar-refractivity contribution in [1.82, 2.24) is 14.9 Å². The normalized spacial score (nSPS) is 14.6. The second kappa shape index (κ2) is 9.79. The zero-order chi connectivity index (χ0) is 18.9. The molecule has 0 amide bonds. The van der Waals surface area contributed by atoms with E-state index in [0.717, 1.165) is 62.8 Å². The van der Waals surface area contributed by atoms with Crippen LogP contribution >= 0.6 is 0 Å². The van der Waals surface area contributed by atoms with Gasteiger partial charge in [0.25, 0.3) is 0 Å². The molecule has 2 aromatic rings. The molecule has 27 heavy (non-hydrogen) atoms. The fraction of sp³-hybridized carbons (Fsp3) is 0.429. The summed E-state index contributed by atoms with van der Waals surface area (Å²) >= 11 is 0. The Hall–Kier alpha value is -2.78. The van der Waals surface area contributed by atoms with Crippen LogP contribution in [0.5, 0.6) is 11.6 Å². The number of aromatic nitrogens is 2. The second-order valence-electron chi connectivity index (χ2n) is 6.47. The molecule has 0 atom stereocenters. The molecule has 6 nitrogen and oxygen atoms in total. The van der Waals surface area contributed by atoms with Gasteiger partial charge in [-0.2, -0.15) is 4.98 Å². The summed E-state index contributed by atoms with van der Waals surface area (Å²) in [6.07, 6.45) is 8.97. The summed E-state index contributed by atoms with van der Waals surface area (Å²) in [4.78, 5) is 13.6. The molecule has 2 heterocycles. The first-order valence-corrected chi connectivity index (χ1v) is 9.28. The molecule has 0 unspecified atom stereocenters. The van der Waals surface area contributed by atoms with Crippen molar-refractivity contribution in [3.05, 3.63) is 42.1 Å². The molecule has 1 aliphatic rings. The standard InChI is InChI=1S/C21H26N4O2/c1-3-4-5-11-24-12-14-25(15-13-24)21-22-10-9-20(23-21)27-17-18-7-6-8-19(16-18)26-2/h1,6-10,16H,4-5,11-15,17H2,2H3. The molecule has 0 radical (unpaired) electrons. The summed E-state index contributed by atoms with van der Waals surface area (Å²) in [7, 11) is 1.66. The van der Waals surface area contributed by atoms with E-state index in [1.54, 1.807) is 19.4 Å². The molecule has 0 bridgehead atoms. The van der Waals surface area contributed by atoms with E-state index < -0.39 is 0 Å². The SMILES string of the molecule is C#CCCCN1CCN(c2nccc(OCc3cccc(OC)c3)n2)CC1. The molecule has 1 saturated heterocycles. The number of anilines is 1. The molecule has 0 spiro atoms. The van der Waals surface area contributed by atoms with Crippen LogP contribution in [-0.4, -0.2) is 54.7 Å². The summed E-state index contributed by atoms with van der Waals surface area (Å²) in [5.74, 6) is 4.83. The molecule has 1 fully saturated rings. The van der Waals surface area contributed by atoms with Crippen molar-refractivity contribution in [3.63, 3.8) is 0 Å². The number of nitrogens with zero attached hydrogens (tertiary/aromatic N) is 4.